The first-order valence-corrected chi connectivity index (χ1v) is 10.2. The van der Waals surface area contributed by atoms with Crippen molar-refractivity contribution in [2.45, 2.75) is 18.4 Å². The predicted octanol–water partition coefficient (Wildman–Crippen LogP) is 4.41. The molecule has 3 aromatic rings. The quantitative estimate of drug-likeness (QED) is 0.593. The summed E-state index contributed by atoms with van der Waals surface area (Å²) in [5.74, 6) is 1.00. The number of sulfonamides is 1. The third-order valence-corrected chi connectivity index (χ3v) is 6.17. The SMILES string of the molecule is COc1ccc(OC)c(N(Cc2cccc(C)c2)S(=O)(=O)c2ccccc2)c1. The first-order chi connectivity index (χ1) is 13.5. The van der Waals surface area contributed by atoms with Crippen LogP contribution >= 0.6 is 0 Å². The van der Waals surface area contributed by atoms with Gasteiger partial charge < -0.3 is 9.47 Å². The molecule has 0 saturated heterocycles. The van der Waals surface area contributed by atoms with Gasteiger partial charge in [-0.3, -0.25) is 4.31 Å². The van der Waals surface area contributed by atoms with Crippen molar-refractivity contribution >= 4 is 15.7 Å². The molecular weight excluding hydrogens is 374 g/mol. The highest BCUT2D eigenvalue weighted by atomic mass is 32.2. The number of aryl methyl sites for hydroxylation is 1. The molecule has 0 aliphatic carbocycles. The van der Waals surface area contributed by atoms with Gasteiger partial charge in [0.1, 0.15) is 11.5 Å². The molecule has 28 heavy (non-hydrogen) atoms. The van der Waals surface area contributed by atoms with E-state index in [0.29, 0.717) is 17.2 Å². The number of hydrogen-bond donors (Lipinski definition) is 0. The van der Waals surface area contributed by atoms with Gasteiger partial charge in [0, 0.05) is 6.07 Å². The Balaban J connectivity index is 2.18. The molecule has 3 rings (SSSR count). The summed E-state index contributed by atoms with van der Waals surface area (Å²) in [5.41, 5.74) is 2.36. The smallest absolute Gasteiger partial charge is 0.264 e. The molecule has 0 heterocycles. The van der Waals surface area contributed by atoms with E-state index in [1.54, 1.807) is 55.6 Å². The molecule has 5 nitrogen and oxygen atoms in total. The molecule has 0 fully saturated rings. The zero-order chi connectivity index (χ0) is 20.1. The van der Waals surface area contributed by atoms with Gasteiger partial charge in [0.05, 0.1) is 31.3 Å². The summed E-state index contributed by atoms with van der Waals surface area (Å²) in [6.07, 6.45) is 0. The van der Waals surface area contributed by atoms with E-state index in [-0.39, 0.29) is 11.4 Å². The van der Waals surface area contributed by atoms with E-state index < -0.39 is 10.0 Å². The van der Waals surface area contributed by atoms with Crippen LogP contribution in [0.4, 0.5) is 5.69 Å². The van der Waals surface area contributed by atoms with Crippen LogP contribution in [0.15, 0.2) is 77.7 Å². The molecule has 146 valence electrons. The number of ether oxygens (including phenoxy) is 2. The highest BCUT2D eigenvalue weighted by Gasteiger charge is 2.28. The number of rotatable bonds is 7. The third kappa shape index (κ3) is 4.12. The maximum atomic E-state index is 13.5. The van der Waals surface area contributed by atoms with Gasteiger partial charge in [-0.15, -0.1) is 0 Å². The monoisotopic (exact) mass is 397 g/mol. The Morgan fingerprint density at radius 2 is 1.61 bits per heavy atom. The van der Waals surface area contributed by atoms with Crippen LogP contribution in [0.25, 0.3) is 0 Å². The Bertz CT molecular complexity index is 1050. The number of benzene rings is 3. The van der Waals surface area contributed by atoms with Gasteiger partial charge >= 0.3 is 0 Å². The van der Waals surface area contributed by atoms with Crippen LogP contribution in [-0.4, -0.2) is 22.6 Å². The van der Waals surface area contributed by atoms with Crippen molar-refractivity contribution in [2.24, 2.45) is 0 Å². The van der Waals surface area contributed by atoms with E-state index in [2.05, 4.69) is 0 Å². The number of anilines is 1. The Morgan fingerprint density at radius 1 is 0.857 bits per heavy atom. The summed E-state index contributed by atoms with van der Waals surface area (Å²) in [6, 6.07) is 21.3. The van der Waals surface area contributed by atoms with Crippen molar-refractivity contribution in [3.63, 3.8) is 0 Å². The van der Waals surface area contributed by atoms with E-state index >= 15 is 0 Å². The van der Waals surface area contributed by atoms with Crippen LogP contribution in [0.2, 0.25) is 0 Å². The Hall–Kier alpha value is -2.99. The van der Waals surface area contributed by atoms with Gasteiger partial charge in [0.25, 0.3) is 10.0 Å². The molecule has 0 radical (unpaired) electrons. The topological polar surface area (TPSA) is 55.8 Å². The largest absolute Gasteiger partial charge is 0.497 e. The fourth-order valence-corrected chi connectivity index (χ4v) is 4.46. The second-order valence-corrected chi connectivity index (χ2v) is 8.21. The number of nitrogens with zero attached hydrogens (tertiary/aromatic N) is 1. The van der Waals surface area contributed by atoms with Crippen molar-refractivity contribution in [2.75, 3.05) is 18.5 Å². The second kappa shape index (κ2) is 8.35. The van der Waals surface area contributed by atoms with Gasteiger partial charge in [-0.1, -0.05) is 48.0 Å². The van der Waals surface area contributed by atoms with Crippen LogP contribution in [0.1, 0.15) is 11.1 Å². The highest BCUT2D eigenvalue weighted by Crippen LogP contribution is 2.36. The van der Waals surface area contributed by atoms with Crippen LogP contribution in [-0.2, 0) is 16.6 Å². The lowest BCUT2D eigenvalue weighted by Gasteiger charge is -2.26. The first kappa shape index (κ1) is 19.8. The van der Waals surface area contributed by atoms with Gasteiger partial charge in [0.2, 0.25) is 0 Å². The number of methoxy groups -OCH3 is 2. The summed E-state index contributed by atoms with van der Waals surface area (Å²) in [7, 11) is -0.762. The molecule has 0 bridgehead atoms. The average molecular weight is 397 g/mol. The molecule has 0 saturated carbocycles. The highest BCUT2D eigenvalue weighted by molar-refractivity contribution is 7.92. The molecule has 0 atom stereocenters. The molecule has 0 N–H and O–H groups in total. The molecule has 6 heteroatoms. The minimum atomic E-state index is -3.82. The van der Waals surface area contributed by atoms with Crippen molar-refractivity contribution in [1.29, 1.82) is 0 Å². The fraction of sp³-hybridized carbons (Fsp3) is 0.182. The lowest BCUT2D eigenvalue weighted by Crippen LogP contribution is -2.31. The maximum Gasteiger partial charge on any atom is 0.264 e. The molecule has 0 spiro atoms. The van der Waals surface area contributed by atoms with Crippen molar-refractivity contribution in [3.05, 3.63) is 83.9 Å². The molecule has 0 aliphatic heterocycles. The normalized spacial score (nSPS) is 11.1. The van der Waals surface area contributed by atoms with Gasteiger partial charge in [-0.25, -0.2) is 8.42 Å². The predicted molar refractivity (Wildman–Crippen MR) is 111 cm³/mol. The second-order valence-electron chi connectivity index (χ2n) is 6.35. The Labute approximate surface area is 166 Å². The summed E-state index contributed by atoms with van der Waals surface area (Å²) in [4.78, 5) is 0.215. The Morgan fingerprint density at radius 3 is 2.25 bits per heavy atom. The lowest BCUT2D eigenvalue weighted by atomic mass is 10.1. The van der Waals surface area contributed by atoms with Crippen LogP contribution in [0.3, 0.4) is 0 Å². The summed E-state index contributed by atoms with van der Waals surface area (Å²) >= 11 is 0. The van der Waals surface area contributed by atoms with E-state index in [1.807, 2.05) is 31.2 Å². The van der Waals surface area contributed by atoms with Crippen LogP contribution in [0, 0.1) is 6.92 Å². The fourth-order valence-electron chi connectivity index (χ4n) is 2.99. The minimum Gasteiger partial charge on any atom is -0.497 e. The Kier molecular flexibility index (Phi) is 5.90. The van der Waals surface area contributed by atoms with Gasteiger partial charge in [-0.2, -0.15) is 0 Å². The van der Waals surface area contributed by atoms with E-state index in [0.717, 1.165) is 11.1 Å². The van der Waals surface area contributed by atoms with Crippen LogP contribution < -0.4 is 13.8 Å². The average Bonchev–Trinajstić information content (AvgIpc) is 2.72. The standard InChI is InChI=1S/C22H23NO4S/c1-17-8-7-9-18(14-17)16-23(28(24,25)20-10-5-4-6-11-20)21-15-19(26-2)12-13-22(21)27-3/h4-15H,16H2,1-3H3. The van der Waals surface area contributed by atoms with Gasteiger partial charge in [-0.05, 0) is 36.8 Å². The lowest BCUT2D eigenvalue weighted by molar-refractivity contribution is 0.403. The molecule has 3 aromatic carbocycles. The number of hydrogen-bond acceptors (Lipinski definition) is 4. The van der Waals surface area contributed by atoms with Gasteiger partial charge in [0.15, 0.2) is 0 Å². The molecular formula is C22H23NO4S. The first-order valence-electron chi connectivity index (χ1n) is 8.81. The van der Waals surface area contributed by atoms with Crippen molar-refractivity contribution in [1.82, 2.24) is 0 Å². The zero-order valence-corrected chi connectivity index (χ0v) is 16.9. The molecule has 0 aliphatic rings. The van der Waals surface area contributed by atoms with Crippen LogP contribution in [0.5, 0.6) is 11.5 Å². The zero-order valence-electron chi connectivity index (χ0n) is 16.1. The summed E-state index contributed by atoms with van der Waals surface area (Å²) < 4.78 is 39.2. The van der Waals surface area contributed by atoms with Crippen molar-refractivity contribution in [3.8, 4) is 11.5 Å². The molecule has 0 aromatic heterocycles. The van der Waals surface area contributed by atoms with E-state index in [9.17, 15) is 8.42 Å². The third-order valence-electron chi connectivity index (χ3n) is 4.39. The maximum absolute atomic E-state index is 13.5. The summed E-state index contributed by atoms with van der Waals surface area (Å²) in [5, 5.41) is 0. The minimum absolute atomic E-state index is 0.169. The van der Waals surface area contributed by atoms with E-state index in [4.69, 9.17) is 9.47 Å². The van der Waals surface area contributed by atoms with Crippen molar-refractivity contribution < 1.29 is 17.9 Å². The van der Waals surface area contributed by atoms with E-state index in [1.165, 1.54) is 11.4 Å². The summed E-state index contributed by atoms with van der Waals surface area (Å²) in [6.45, 7) is 2.15. The molecule has 0 amide bonds. The molecule has 0 unspecified atom stereocenters.